The lowest BCUT2D eigenvalue weighted by Gasteiger charge is -2.32. The lowest BCUT2D eigenvalue weighted by molar-refractivity contribution is -0.139. The number of aliphatic hydroxyl groups is 1. The Kier molecular flexibility index (Phi) is 12.0. The molecule has 2 rings (SSSR count). The van der Waals surface area contributed by atoms with Gasteiger partial charge in [0.05, 0.1) is 18.8 Å². The molecule has 0 heterocycles. The molecule has 1 N–H and O–H groups in total. The molecule has 0 aromatic rings. The maximum atomic E-state index is 11.5. The van der Waals surface area contributed by atoms with E-state index in [0.29, 0.717) is 6.61 Å². The van der Waals surface area contributed by atoms with Gasteiger partial charge in [-0.15, -0.1) is 0 Å². The molecule has 0 amide bonds. The maximum absolute atomic E-state index is 11.5. The molecule has 0 aromatic carbocycles. The normalized spacial score (nSPS) is 27.5. The number of ether oxygens (including phenoxy) is 1. The van der Waals surface area contributed by atoms with E-state index >= 15 is 0 Å². The molecular formula is C26H46O3. The van der Waals surface area contributed by atoms with Crippen LogP contribution in [0, 0.1) is 23.7 Å². The topological polar surface area (TPSA) is 46.5 Å². The molecule has 3 nitrogen and oxygen atoms in total. The van der Waals surface area contributed by atoms with Gasteiger partial charge >= 0.3 is 5.97 Å². The minimum Gasteiger partial charge on any atom is -0.462 e. The summed E-state index contributed by atoms with van der Waals surface area (Å²) >= 11 is 0. The summed E-state index contributed by atoms with van der Waals surface area (Å²) in [5.74, 6) is 3.36. The van der Waals surface area contributed by atoms with Crippen molar-refractivity contribution in [3.05, 3.63) is 12.2 Å². The molecule has 2 saturated carbocycles. The molecule has 0 spiro atoms. The van der Waals surface area contributed by atoms with Crippen molar-refractivity contribution < 1.29 is 14.6 Å². The Morgan fingerprint density at radius 3 is 1.69 bits per heavy atom. The monoisotopic (exact) mass is 406 g/mol. The second kappa shape index (κ2) is 14.2. The van der Waals surface area contributed by atoms with Gasteiger partial charge in [-0.3, -0.25) is 0 Å². The highest BCUT2D eigenvalue weighted by atomic mass is 16.5. The Bertz CT molecular complexity index is 457. The average Bonchev–Trinajstić information content (AvgIpc) is 2.76. The minimum atomic E-state index is -0.453. The van der Waals surface area contributed by atoms with E-state index in [9.17, 15) is 4.79 Å². The van der Waals surface area contributed by atoms with E-state index in [0.717, 1.165) is 36.5 Å². The summed E-state index contributed by atoms with van der Waals surface area (Å²) < 4.78 is 5.15. The fourth-order valence-electron chi connectivity index (χ4n) is 5.48. The van der Waals surface area contributed by atoms with Gasteiger partial charge in [-0.1, -0.05) is 103 Å². The summed E-state index contributed by atoms with van der Waals surface area (Å²) in [7, 11) is 0. The molecule has 0 radical (unpaired) electrons. The number of unbranched alkanes of at least 4 members (excludes halogenated alkanes) is 2. The van der Waals surface area contributed by atoms with Crippen molar-refractivity contribution in [1.29, 1.82) is 0 Å². The molecule has 0 saturated heterocycles. The molecule has 2 fully saturated rings. The molecule has 3 heteroatoms. The molecular weight excluding hydrogens is 360 g/mol. The van der Waals surface area contributed by atoms with Crippen LogP contribution in [0.25, 0.3) is 0 Å². The van der Waals surface area contributed by atoms with Crippen LogP contribution in [0.2, 0.25) is 0 Å². The van der Waals surface area contributed by atoms with Crippen molar-refractivity contribution in [2.45, 2.75) is 110 Å². The Balaban J connectivity index is 1.48. The number of esters is 1. The van der Waals surface area contributed by atoms with Gasteiger partial charge in [-0.25, -0.2) is 4.79 Å². The Morgan fingerprint density at radius 1 is 0.793 bits per heavy atom. The fourth-order valence-corrected chi connectivity index (χ4v) is 5.48. The van der Waals surface area contributed by atoms with E-state index in [1.807, 2.05) is 0 Å². The highest BCUT2D eigenvalue weighted by Gasteiger charge is 2.24. The first-order valence-electron chi connectivity index (χ1n) is 12.6. The number of aliphatic hydroxyl groups excluding tert-OH is 1. The van der Waals surface area contributed by atoms with Crippen molar-refractivity contribution in [2.24, 2.45) is 23.7 Å². The first kappa shape index (κ1) is 24.4. The van der Waals surface area contributed by atoms with Crippen molar-refractivity contribution in [1.82, 2.24) is 0 Å². The van der Waals surface area contributed by atoms with Crippen LogP contribution >= 0.6 is 0 Å². The van der Waals surface area contributed by atoms with Gasteiger partial charge in [0.2, 0.25) is 0 Å². The zero-order valence-electron chi connectivity index (χ0n) is 19.0. The highest BCUT2D eigenvalue weighted by Crippen LogP contribution is 2.38. The largest absolute Gasteiger partial charge is 0.462 e. The lowest BCUT2D eigenvalue weighted by atomic mass is 9.74. The van der Waals surface area contributed by atoms with Crippen LogP contribution in [0.5, 0.6) is 0 Å². The molecule has 0 atom stereocenters. The average molecular weight is 407 g/mol. The number of carbonyl (C=O) groups excluding carboxylic acids is 1. The van der Waals surface area contributed by atoms with Crippen LogP contribution in [-0.2, 0) is 9.53 Å². The molecule has 0 aliphatic heterocycles. The van der Waals surface area contributed by atoms with E-state index in [1.54, 1.807) is 0 Å². The van der Waals surface area contributed by atoms with Gasteiger partial charge in [0.25, 0.3) is 0 Å². The molecule has 168 valence electrons. The minimum absolute atomic E-state index is 0.149. The van der Waals surface area contributed by atoms with E-state index in [-0.39, 0.29) is 12.2 Å². The van der Waals surface area contributed by atoms with E-state index < -0.39 is 5.97 Å². The summed E-state index contributed by atoms with van der Waals surface area (Å²) in [5.41, 5.74) is 0.149. The molecule has 0 bridgehead atoms. The van der Waals surface area contributed by atoms with Crippen molar-refractivity contribution in [3.8, 4) is 0 Å². The van der Waals surface area contributed by atoms with Crippen LogP contribution in [0.3, 0.4) is 0 Å². The molecule has 0 aromatic heterocycles. The first-order valence-corrected chi connectivity index (χ1v) is 12.6. The van der Waals surface area contributed by atoms with Gasteiger partial charge in [0, 0.05) is 0 Å². The fraction of sp³-hybridized carbons (Fsp3) is 0.885. The third-order valence-electron chi connectivity index (χ3n) is 7.60. The number of hydrogen-bond donors (Lipinski definition) is 1. The third-order valence-corrected chi connectivity index (χ3v) is 7.60. The smallest absolute Gasteiger partial charge is 0.335 e. The first-order chi connectivity index (χ1) is 14.1. The van der Waals surface area contributed by atoms with Crippen LogP contribution < -0.4 is 0 Å². The van der Waals surface area contributed by atoms with E-state index in [2.05, 4.69) is 13.5 Å². The van der Waals surface area contributed by atoms with Gasteiger partial charge < -0.3 is 9.84 Å². The maximum Gasteiger partial charge on any atom is 0.335 e. The second-order valence-corrected chi connectivity index (χ2v) is 9.89. The summed E-state index contributed by atoms with van der Waals surface area (Å²) in [6.07, 6.45) is 22.2. The molecule has 0 unspecified atom stereocenters. The summed E-state index contributed by atoms with van der Waals surface area (Å²) in [5, 5.41) is 8.87. The van der Waals surface area contributed by atoms with Crippen LogP contribution in [0.1, 0.15) is 110 Å². The van der Waals surface area contributed by atoms with Crippen molar-refractivity contribution in [2.75, 3.05) is 13.2 Å². The summed E-state index contributed by atoms with van der Waals surface area (Å²) in [6.45, 7) is 5.94. The molecule has 2 aliphatic carbocycles. The van der Waals surface area contributed by atoms with Crippen LogP contribution in [0.4, 0.5) is 0 Å². The summed E-state index contributed by atoms with van der Waals surface area (Å²) in [4.78, 5) is 11.5. The van der Waals surface area contributed by atoms with Crippen LogP contribution in [0.15, 0.2) is 12.2 Å². The molecule has 2 aliphatic rings. The second-order valence-electron chi connectivity index (χ2n) is 9.89. The zero-order chi connectivity index (χ0) is 20.9. The summed E-state index contributed by atoms with van der Waals surface area (Å²) in [6, 6.07) is 0. The highest BCUT2D eigenvalue weighted by molar-refractivity contribution is 5.87. The van der Waals surface area contributed by atoms with E-state index in [4.69, 9.17) is 9.84 Å². The quantitative estimate of drug-likeness (QED) is 0.207. The number of rotatable bonds is 13. The SMILES string of the molecule is C=C(CO)C(=O)OCCCC1CCC(CCC2CCC(CCCCC)CC2)CC1. The van der Waals surface area contributed by atoms with E-state index in [1.165, 1.54) is 89.9 Å². The van der Waals surface area contributed by atoms with Crippen molar-refractivity contribution >= 4 is 5.97 Å². The Morgan fingerprint density at radius 2 is 1.24 bits per heavy atom. The lowest BCUT2D eigenvalue weighted by Crippen LogP contribution is -2.18. The predicted octanol–water partition coefficient (Wildman–Crippen LogP) is 6.83. The number of carbonyl (C=O) groups is 1. The van der Waals surface area contributed by atoms with Gasteiger partial charge in [0.15, 0.2) is 0 Å². The van der Waals surface area contributed by atoms with Crippen LogP contribution in [-0.4, -0.2) is 24.3 Å². The zero-order valence-corrected chi connectivity index (χ0v) is 19.0. The van der Waals surface area contributed by atoms with Gasteiger partial charge in [-0.05, 0) is 36.5 Å². The molecule has 29 heavy (non-hydrogen) atoms. The standard InChI is InChI=1S/C26H46O3/c1-3-4-5-7-22-9-13-24(14-10-22)17-18-25-15-11-23(12-16-25)8-6-19-29-26(28)21(2)20-27/h22-25,27H,2-20H2,1H3. The predicted molar refractivity (Wildman–Crippen MR) is 121 cm³/mol. The Hall–Kier alpha value is -0.830. The third kappa shape index (κ3) is 9.68. The van der Waals surface area contributed by atoms with Crippen molar-refractivity contribution in [3.63, 3.8) is 0 Å². The number of hydrogen-bond acceptors (Lipinski definition) is 3. The Labute approximate surface area is 179 Å². The van der Waals surface area contributed by atoms with Gasteiger partial charge in [0.1, 0.15) is 0 Å². The van der Waals surface area contributed by atoms with Gasteiger partial charge in [-0.2, -0.15) is 0 Å².